The molecule has 1 aliphatic carbocycles. The van der Waals surface area contributed by atoms with E-state index in [1.807, 2.05) is 26.0 Å². The highest BCUT2D eigenvalue weighted by Crippen LogP contribution is 2.40. The van der Waals surface area contributed by atoms with E-state index in [4.69, 9.17) is 0 Å². The standard InChI is InChI=1S/C18H23N3O3/c1-18(2)8-14-12(15(22)9-18)7-13(17(24)21-14)16(23)20-10-11-3-5-19-6-4-11/h3-6,12-14H,7-10H2,1-2H3,(H,20,23)(H,21,24). The summed E-state index contributed by atoms with van der Waals surface area (Å²) in [6.45, 7) is 4.43. The van der Waals surface area contributed by atoms with Gasteiger partial charge in [-0.15, -0.1) is 0 Å². The molecule has 0 bridgehead atoms. The number of fused-ring (bicyclic) bond motifs is 1. The lowest BCUT2D eigenvalue weighted by molar-refractivity contribution is -0.143. The molecule has 0 aromatic carbocycles. The molecule has 1 aliphatic heterocycles. The van der Waals surface area contributed by atoms with Gasteiger partial charge in [0.25, 0.3) is 0 Å². The maximum Gasteiger partial charge on any atom is 0.232 e. The van der Waals surface area contributed by atoms with Gasteiger partial charge in [0.05, 0.1) is 0 Å². The van der Waals surface area contributed by atoms with Gasteiger partial charge in [0.2, 0.25) is 11.8 Å². The topological polar surface area (TPSA) is 88.2 Å². The molecular weight excluding hydrogens is 306 g/mol. The minimum absolute atomic E-state index is 0.0953. The lowest BCUT2D eigenvalue weighted by Crippen LogP contribution is -2.58. The van der Waals surface area contributed by atoms with Gasteiger partial charge in [-0.2, -0.15) is 0 Å². The summed E-state index contributed by atoms with van der Waals surface area (Å²) in [6.07, 6.45) is 4.91. The SMILES string of the molecule is CC1(C)CC(=O)C2CC(C(=O)NCc3ccncc3)C(=O)NC2C1. The lowest BCUT2D eigenvalue weighted by atomic mass is 9.66. The number of nitrogens with zero attached hydrogens (tertiary/aromatic N) is 1. The molecule has 1 saturated heterocycles. The fourth-order valence-corrected chi connectivity index (χ4v) is 3.77. The van der Waals surface area contributed by atoms with Gasteiger partial charge >= 0.3 is 0 Å². The maximum absolute atomic E-state index is 12.4. The van der Waals surface area contributed by atoms with Crippen molar-refractivity contribution in [2.24, 2.45) is 17.3 Å². The molecule has 1 saturated carbocycles. The Bertz CT molecular complexity index is 657. The highest BCUT2D eigenvalue weighted by Gasteiger charge is 2.47. The average Bonchev–Trinajstić information content (AvgIpc) is 2.52. The Morgan fingerprint density at radius 3 is 2.75 bits per heavy atom. The fraction of sp³-hybridized carbons (Fsp3) is 0.556. The van der Waals surface area contributed by atoms with Crippen LogP contribution in [0.2, 0.25) is 0 Å². The quantitative estimate of drug-likeness (QED) is 0.816. The normalized spacial score (nSPS) is 28.7. The van der Waals surface area contributed by atoms with Gasteiger partial charge in [0.15, 0.2) is 0 Å². The van der Waals surface area contributed by atoms with Crippen LogP contribution in [0.4, 0.5) is 0 Å². The summed E-state index contributed by atoms with van der Waals surface area (Å²) in [5, 5.41) is 5.69. The zero-order valence-electron chi connectivity index (χ0n) is 14.0. The number of nitrogens with one attached hydrogen (secondary N) is 2. The number of Topliss-reactive ketones (excluding diaryl/α,β-unsaturated/α-hetero) is 1. The third kappa shape index (κ3) is 3.47. The minimum atomic E-state index is -0.793. The predicted molar refractivity (Wildman–Crippen MR) is 87.6 cm³/mol. The van der Waals surface area contributed by atoms with Crippen molar-refractivity contribution in [3.8, 4) is 0 Å². The number of hydrogen-bond donors (Lipinski definition) is 2. The Morgan fingerprint density at radius 1 is 1.33 bits per heavy atom. The minimum Gasteiger partial charge on any atom is -0.352 e. The summed E-state index contributed by atoms with van der Waals surface area (Å²) in [5.41, 5.74) is 0.824. The van der Waals surface area contributed by atoms with E-state index in [9.17, 15) is 14.4 Å². The van der Waals surface area contributed by atoms with Crippen LogP contribution in [-0.2, 0) is 20.9 Å². The number of aromatic nitrogens is 1. The van der Waals surface area contributed by atoms with Crippen LogP contribution in [0.1, 0.15) is 38.7 Å². The molecule has 2 fully saturated rings. The molecule has 3 atom stereocenters. The molecule has 24 heavy (non-hydrogen) atoms. The Balaban J connectivity index is 1.64. The first-order valence-electron chi connectivity index (χ1n) is 8.35. The Hall–Kier alpha value is -2.24. The molecule has 0 radical (unpaired) electrons. The Labute approximate surface area is 141 Å². The van der Waals surface area contributed by atoms with Gasteiger partial charge in [-0.1, -0.05) is 13.8 Å². The van der Waals surface area contributed by atoms with E-state index in [-0.39, 0.29) is 35.0 Å². The number of piperidine rings is 1. The molecule has 0 spiro atoms. The molecule has 3 rings (SSSR count). The molecule has 2 amide bonds. The fourth-order valence-electron chi connectivity index (χ4n) is 3.77. The number of carbonyl (C=O) groups excluding carboxylic acids is 3. The third-order valence-corrected chi connectivity index (χ3v) is 4.99. The molecular formula is C18H23N3O3. The van der Waals surface area contributed by atoms with Gasteiger partial charge in [-0.05, 0) is 36.0 Å². The number of carbonyl (C=O) groups is 3. The highest BCUT2D eigenvalue weighted by atomic mass is 16.2. The number of amides is 2. The molecule has 2 heterocycles. The van der Waals surface area contributed by atoms with Crippen molar-refractivity contribution in [1.82, 2.24) is 15.6 Å². The van der Waals surface area contributed by atoms with E-state index in [0.29, 0.717) is 19.4 Å². The van der Waals surface area contributed by atoms with Crippen molar-refractivity contribution in [2.75, 3.05) is 0 Å². The van der Waals surface area contributed by atoms with Gasteiger partial charge in [-0.3, -0.25) is 19.4 Å². The summed E-state index contributed by atoms with van der Waals surface area (Å²) in [7, 11) is 0. The predicted octanol–water partition coefficient (Wildman–Crippen LogP) is 1.21. The number of ketones is 1. The van der Waals surface area contributed by atoms with E-state index in [1.165, 1.54) is 0 Å². The molecule has 1 aromatic rings. The van der Waals surface area contributed by atoms with Crippen molar-refractivity contribution >= 4 is 17.6 Å². The summed E-state index contributed by atoms with van der Waals surface area (Å²) < 4.78 is 0. The second-order valence-corrected chi connectivity index (χ2v) is 7.59. The Morgan fingerprint density at radius 2 is 2.04 bits per heavy atom. The largest absolute Gasteiger partial charge is 0.352 e. The van der Waals surface area contributed by atoms with E-state index >= 15 is 0 Å². The molecule has 3 unspecified atom stereocenters. The maximum atomic E-state index is 12.4. The van der Waals surface area contributed by atoms with Crippen molar-refractivity contribution in [3.63, 3.8) is 0 Å². The zero-order valence-corrected chi connectivity index (χ0v) is 14.0. The zero-order chi connectivity index (χ0) is 17.3. The molecule has 2 aliphatic rings. The van der Waals surface area contributed by atoms with E-state index in [1.54, 1.807) is 12.4 Å². The van der Waals surface area contributed by atoms with E-state index < -0.39 is 5.92 Å². The third-order valence-electron chi connectivity index (χ3n) is 4.99. The summed E-state index contributed by atoms with van der Waals surface area (Å²) >= 11 is 0. The summed E-state index contributed by atoms with van der Waals surface area (Å²) in [5.74, 6) is -1.47. The van der Waals surface area contributed by atoms with Crippen LogP contribution in [0.3, 0.4) is 0 Å². The van der Waals surface area contributed by atoms with E-state index in [2.05, 4.69) is 15.6 Å². The van der Waals surface area contributed by atoms with Crippen LogP contribution in [0.15, 0.2) is 24.5 Å². The molecule has 6 nitrogen and oxygen atoms in total. The van der Waals surface area contributed by atoms with Crippen LogP contribution >= 0.6 is 0 Å². The Kier molecular flexibility index (Phi) is 4.39. The molecule has 2 N–H and O–H groups in total. The monoisotopic (exact) mass is 329 g/mol. The van der Waals surface area contributed by atoms with Crippen LogP contribution in [0.5, 0.6) is 0 Å². The van der Waals surface area contributed by atoms with Gasteiger partial charge < -0.3 is 10.6 Å². The van der Waals surface area contributed by atoms with Crippen LogP contribution < -0.4 is 10.6 Å². The van der Waals surface area contributed by atoms with Gasteiger partial charge in [-0.25, -0.2) is 0 Å². The van der Waals surface area contributed by atoms with E-state index in [0.717, 1.165) is 12.0 Å². The van der Waals surface area contributed by atoms with Crippen LogP contribution in [0, 0.1) is 17.3 Å². The van der Waals surface area contributed by atoms with Crippen LogP contribution in [-0.4, -0.2) is 28.6 Å². The van der Waals surface area contributed by atoms with Crippen molar-refractivity contribution < 1.29 is 14.4 Å². The molecule has 6 heteroatoms. The first kappa shape index (κ1) is 16.6. The van der Waals surface area contributed by atoms with Gasteiger partial charge in [0.1, 0.15) is 11.7 Å². The number of rotatable bonds is 3. The lowest BCUT2D eigenvalue weighted by Gasteiger charge is -2.43. The van der Waals surface area contributed by atoms with Crippen molar-refractivity contribution in [3.05, 3.63) is 30.1 Å². The van der Waals surface area contributed by atoms with Gasteiger partial charge in [0, 0.05) is 37.3 Å². The molecule has 128 valence electrons. The highest BCUT2D eigenvalue weighted by molar-refractivity contribution is 6.02. The second-order valence-electron chi connectivity index (χ2n) is 7.59. The number of hydrogen-bond acceptors (Lipinski definition) is 4. The van der Waals surface area contributed by atoms with Crippen molar-refractivity contribution in [1.29, 1.82) is 0 Å². The van der Waals surface area contributed by atoms with Crippen molar-refractivity contribution in [2.45, 2.75) is 45.7 Å². The van der Waals surface area contributed by atoms with Crippen LogP contribution in [0.25, 0.3) is 0 Å². The summed E-state index contributed by atoms with van der Waals surface area (Å²) in [4.78, 5) is 41.1. The second kappa shape index (κ2) is 6.34. The smallest absolute Gasteiger partial charge is 0.232 e. The summed E-state index contributed by atoms with van der Waals surface area (Å²) in [6, 6.07) is 3.48. The molecule has 1 aromatic heterocycles. The number of pyridine rings is 1. The average molecular weight is 329 g/mol. The first-order valence-corrected chi connectivity index (χ1v) is 8.35. The first-order chi connectivity index (χ1) is 11.4.